The molecule has 0 saturated heterocycles. The number of hydrogen-bond acceptors (Lipinski definition) is 4. The van der Waals surface area contributed by atoms with Crippen LogP contribution in [0.1, 0.15) is 11.5 Å². The Balaban J connectivity index is 2.11. The molecule has 3 heterocycles. The van der Waals surface area contributed by atoms with Gasteiger partial charge in [-0.1, -0.05) is 5.16 Å². The molecular formula is C11H10N4OS. The van der Waals surface area contributed by atoms with E-state index < -0.39 is 0 Å². The Kier molecular flexibility index (Phi) is 2.29. The fourth-order valence-corrected chi connectivity index (χ4v) is 2.10. The van der Waals surface area contributed by atoms with Crippen LogP contribution in [0.25, 0.3) is 11.0 Å². The highest BCUT2D eigenvalue weighted by Crippen LogP contribution is 2.14. The minimum Gasteiger partial charge on any atom is -0.361 e. The van der Waals surface area contributed by atoms with Crippen LogP contribution in [-0.4, -0.2) is 19.7 Å². The normalized spacial score (nSPS) is 11.1. The number of H-pyrrole nitrogens is 1. The van der Waals surface area contributed by atoms with Gasteiger partial charge >= 0.3 is 0 Å². The molecule has 0 bridgehead atoms. The van der Waals surface area contributed by atoms with Crippen LogP contribution in [0, 0.1) is 11.7 Å². The first-order chi connectivity index (χ1) is 8.24. The molecule has 6 heteroatoms. The van der Waals surface area contributed by atoms with Crippen molar-refractivity contribution in [1.29, 1.82) is 0 Å². The van der Waals surface area contributed by atoms with Crippen molar-refractivity contribution in [3.8, 4) is 0 Å². The number of fused-ring (bicyclic) bond motifs is 1. The summed E-state index contributed by atoms with van der Waals surface area (Å²) in [4.78, 5) is 7.16. The molecule has 5 nitrogen and oxygen atoms in total. The lowest BCUT2D eigenvalue weighted by Crippen LogP contribution is -1.99. The zero-order valence-corrected chi connectivity index (χ0v) is 9.99. The lowest BCUT2D eigenvalue weighted by atomic mass is 10.3. The predicted octanol–water partition coefficient (Wildman–Crippen LogP) is 2.44. The van der Waals surface area contributed by atoms with Crippen molar-refractivity contribution in [3.05, 3.63) is 40.8 Å². The van der Waals surface area contributed by atoms with Crippen LogP contribution in [0.4, 0.5) is 0 Å². The fourth-order valence-electron chi connectivity index (χ4n) is 1.82. The molecule has 0 atom stereocenters. The second-order valence-corrected chi connectivity index (χ2v) is 4.22. The molecule has 0 aliphatic carbocycles. The second-order valence-electron chi connectivity index (χ2n) is 3.84. The maximum atomic E-state index is 5.28. The Bertz CT molecular complexity index is 724. The van der Waals surface area contributed by atoms with Gasteiger partial charge in [-0.15, -0.1) is 0 Å². The second kappa shape index (κ2) is 3.81. The lowest BCUT2D eigenvalue weighted by Gasteiger charge is -1.99. The number of hydrogen-bond donors (Lipinski definition) is 1. The first kappa shape index (κ1) is 10.2. The average Bonchev–Trinajstić information content (AvgIpc) is 2.85. The summed E-state index contributed by atoms with van der Waals surface area (Å²) >= 11 is 5.28. The molecule has 0 aliphatic rings. The van der Waals surface area contributed by atoms with Gasteiger partial charge in [0.15, 0.2) is 4.77 Å². The summed E-state index contributed by atoms with van der Waals surface area (Å²) in [5.74, 6) is 0.799. The average molecular weight is 246 g/mol. The van der Waals surface area contributed by atoms with Crippen LogP contribution in [0.2, 0.25) is 0 Å². The summed E-state index contributed by atoms with van der Waals surface area (Å²) < 4.78 is 7.68. The summed E-state index contributed by atoms with van der Waals surface area (Å²) in [6.45, 7) is 2.47. The summed E-state index contributed by atoms with van der Waals surface area (Å²) in [7, 11) is 0. The molecular weight excluding hydrogens is 236 g/mol. The minimum atomic E-state index is 0.597. The molecule has 0 amide bonds. The number of pyridine rings is 1. The zero-order chi connectivity index (χ0) is 11.8. The maximum Gasteiger partial charge on any atom is 0.178 e. The van der Waals surface area contributed by atoms with Gasteiger partial charge in [-0.2, -0.15) is 0 Å². The molecule has 1 N–H and O–H groups in total. The molecule has 3 rings (SSSR count). The van der Waals surface area contributed by atoms with E-state index in [0.717, 1.165) is 22.5 Å². The predicted molar refractivity (Wildman–Crippen MR) is 65.3 cm³/mol. The number of rotatable bonds is 2. The number of aromatic amines is 1. The monoisotopic (exact) mass is 246 g/mol. The van der Waals surface area contributed by atoms with Crippen molar-refractivity contribution in [1.82, 2.24) is 19.7 Å². The number of aromatic nitrogens is 4. The topological polar surface area (TPSA) is 59.6 Å². The Morgan fingerprint density at radius 1 is 1.53 bits per heavy atom. The molecule has 0 saturated carbocycles. The molecule has 0 aromatic carbocycles. The van der Waals surface area contributed by atoms with Crippen LogP contribution >= 0.6 is 12.2 Å². The Hall–Kier alpha value is -1.95. The van der Waals surface area contributed by atoms with Crippen molar-refractivity contribution < 1.29 is 4.52 Å². The van der Waals surface area contributed by atoms with Crippen molar-refractivity contribution in [2.24, 2.45) is 0 Å². The van der Waals surface area contributed by atoms with E-state index in [1.165, 1.54) is 0 Å². The van der Waals surface area contributed by atoms with Gasteiger partial charge in [-0.05, 0) is 25.2 Å². The summed E-state index contributed by atoms with van der Waals surface area (Å²) in [6.07, 6.45) is 3.51. The smallest absolute Gasteiger partial charge is 0.178 e. The van der Waals surface area contributed by atoms with Crippen molar-refractivity contribution in [2.75, 3.05) is 0 Å². The zero-order valence-electron chi connectivity index (χ0n) is 9.17. The van der Waals surface area contributed by atoms with Crippen LogP contribution in [-0.2, 0) is 6.54 Å². The van der Waals surface area contributed by atoms with E-state index in [9.17, 15) is 0 Å². The molecule has 0 fully saturated rings. The third-order valence-corrected chi connectivity index (χ3v) is 2.89. The largest absolute Gasteiger partial charge is 0.361 e. The maximum absolute atomic E-state index is 5.28. The highest BCUT2D eigenvalue weighted by molar-refractivity contribution is 7.71. The van der Waals surface area contributed by atoms with Crippen molar-refractivity contribution >= 4 is 23.3 Å². The number of aryl methyl sites for hydroxylation is 1. The van der Waals surface area contributed by atoms with Crippen LogP contribution < -0.4 is 0 Å². The molecule has 86 valence electrons. The summed E-state index contributed by atoms with van der Waals surface area (Å²) in [5, 5.41) is 3.97. The highest BCUT2D eigenvalue weighted by atomic mass is 32.1. The van der Waals surface area contributed by atoms with Gasteiger partial charge in [0.05, 0.1) is 23.8 Å². The van der Waals surface area contributed by atoms with E-state index in [1.807, 2.05) is 23.6 Å². The molecule has 3 aromatic heterocycles. The first-order valence-electron chi connectivity index (χ1n) is 5.19. The van der Waals surface area contributed by atoms with Gasteiger partial charge in [0.1, 0.15) is 11.5 Å². The standard InChI is InChI=1S/C11H10N4OS/c1-7-4-8(14-16-7)6-15-10-2-3-12-5-9(10)13-11(15)17/h2-5H,6H2,1H3,(H,13,17). The summed E-state index contributed by atoms with van der Waals surface area (Å²) in [5.41, 5.74) is 2.81. The highest BCUT2D eigenvalue weighted by Gasteiger charge is 2.07. The van der Waals surface area contributed by atoms with Crippen molar-refractivity contribution in [3.63, 3.8) is 0 Å². The fraction of sp³-hybridized carbons (Fsp3) is 0.182. The minimum absolute atomic E-state index is 0.597. The van der Waals surface area contributed by atoms with Gasteiger partial charge in [-0.25, -0.2) is 0 Å². The lowest BCUT2D eigenvalue weighted by molar-refractivity contribution is 0.389. The number of nitrogens with zero attached hydrogens (tertiary/aromatic N) is 3. The quantitative estimate of drug-likeness (QED) is 0.705. The van der Waals surface area contributed by atoms with E-state index >= 15 is 0 Å². The first-order valence-corrected chi connectivity index (χ1v) is 5.59. The van der Waals surface area contributed by atoms with E-state index in [1.54, 1.807) is 12.4 Å². The SMILES string of the molecule is Cc1cc(Cn2c(=S)[nH]c3cnccc32)no1. The third-order valence-electron chi connectivity index (χ3n) is 2.57. The van der Waals surface area contributed by atoms with Crippen LogP contribution in [0.15, 0.2) is 29.0 Å². The van der Waals surface area contributed by atoms with Gasteiger partial charge in [0.2, 0.25) is 0 Å². The number of nitrogens with one attached hydrogen (secondary N) is 1. The van der Waals surface area contributed by atoms with Gasteiger partial charge in [-0.3, -0.25) is 4.98 Å². The number of imidazole rings is 1. The molecule has 0 radical (unpaired) electrons. The summed E-state index contributed by atoms with van der Waals surface area (Å²) in [6, 6.07) is 3.83. The Morgan fingerprint density at radius 3 is 3.18 bits per heavy atom. The molecule has 0 unspecified atom stereocenters. The van der Waals surface area contributed by atoms with E-state index in [4.69, 9.17) is 16.7 Å². The molecule has 3 aromatic rings. The Morgan fingerprint density at radius 2 is 2.41 bits per heavy atom. The van der Waals surface area contributed by atoms with Crippen LogP contribution in [0.3, 0.4) is 0 Å². The molecule has 0 aliphatic heterocycles. The van der Waals surface area contributed by atoms with Gasteiger partial charge in [0.25, 0.3) is 0 Å². The van der Waals surface area contributed by atoms with E-state index in [-0.39, 0.29) is 0 Å². The van der Waals surface area contributed by atoms with Gasteiger partial charge < -0.3 is 14.1 Å². The third kappa shape index (κ3) is 1.76. The van der Waals surface area contributed by atoms with Gasteiger partial charge in [0, 0.05) is 12.3 Å². The Labute approximate surface area is 102 Å². The van der Waals surface area contributed by atoms with E-state index in [2.05, 4.69) is 15.1 Å². The van der Waals surface area contributed by atoms with Crippen molar-refractivity contribution in [2.45, 2.75) is 13.5 Å². The molecule has 0 spiro atoms. The van der Waals surface area contributed by atoms with E-state index in [0.29, 0.717) is 11.3 Å². The molecule has 17 heavy (non-hydrogen) atoms. The van der Waals surface area contributed by atoms with Crippen LogP contribution in [0.5, 0.6) is 0 Å².